The van der Waals surface area contributed by atoms with Crippen LogP contribution in [0.25, 0.3) is 0 Å². The molecular weight excluding hydrogens is 599 g/mol. The van der Waals surface area contributed by atoms with Gasteiger partial charge in [0.1, 0.15) is 15.6 Å². The zero-order chi connectivity index (χ0) is 32.0. The van der Waals surface area contributed by atoms with Crippen molar-refractivity contribution < 1.29 is 40.6 Å². The zero-order valence-electron chi connectivity index (χ0n) is 25.9. The second kappa shape index (κ2) is 12.6. The fourth-order valence-electron chi connectivity index (χ4n) is 9.69. The first-order valence-corrected chi connectivity index (χ1v) is 18.6. The van der Waals surface area contributed by atoms with Crippen molar-refractivity contribution in [3.63, 3.8) is 0 Å². The summed E-state index contributed by atoms with van der Waals surface area (Å²) in [5, 5.41) is 21.4. The lowest BCUT2D eigenvalue weighted by molar-refractivity contribution is -0.284. The lowest BCUT2D eigenvalue weighted by Crippen LogP contribution is -2.46. The van der Waals surface area contributed by atoms with E-state index in [1.807, 2.05) is 12.1 Å². The van der Waals surface area contributed by atoms with Crippen LogP contribution in [0.4, 0.5) is 22.0 Å². The van der Waals surface area contributed by atoms with E-state index in [4.69, 9.17) is 0 Å². The minimum absolute atomic E-state index is 0.129. The number of phenols is 1. The lowest BCUT2D eigenvalue weighted by Gasteiger charge is -2.54. The number of aromatic hydroxyl groups is 1. The van der Waals surface area contributed by atoms with Gasteiger partial charge < -0.3 is 10.2 Å². The molecule has 4 aliphatic rings. The predicted molar refractivity (Wildman–Crippen MR) is 160 cm³/mol. The smallest absolute Gasteiger partial charge is 0.453 e. The van der Waals surface area contributed by atoms with Crippen molar-refractivity contribution in [2.45, 2.75) is 134 Å². The minimum Gasteiger partial charge on any atom is -0.508 e. The number of benzene rings is 1. The Morgan fingerprint density at radius 1 is 0.909 bits per heavy atom. The molecule has 4 nitrogen and oxygen atoms in total. The van der Waals surface area contributed by atoms with Gasteiger partial charge in [0, 0.05) is 11.8 Å². The summed E-state index contributed by atoms with van der Waals surface area (Å²) in [6.07, 6.45) is 5.74. The van der Waals surface area contributed by atoms with Crippen molar-refractivity contribution in [2.24, 2.45) is 28.6 Å². The van der Waals surface area contributed by atoms with Crippen molar-refractivity contribution in [1.82, 2.24) is 0 Å². The Kier molecular flexibility index (Phi) is 9.75. The van der Waals surface area contributed by atoms with Crippen molar-refractivity contribution in [3.05, 3.63) is 29.3 Å². The van der Waals surface area contributed by atoms with Crippen LogP contribution in [0.1, 0.15) is 120 Å². The molecule has 0 aromatic heterocycles. The van der Waals surface area contributed by atoms with Crippen molar-refractivity contribution in [3.8, 4) is 5.75 Å². The van der Waals surface area contributed by atoms with Gasteiger partial charge in [0.2, 0.25) is 0 Å². The maximum atomic E-state index is 13.0. The van der Waals surface area contributed by atoms with Gasteiger partial charge in [0.25, 0.3) is 0 Å². The van der Waals surface area contributed by atoms with Gasteiger partial charge in [-0.1, -0.05) is 51.5 Å². The number of halogens is 5. The zero-order valence-corrected chi connectivity index (χ0v) is 26.7. The van der Waals surface area contributed by atoms with E-state index in [0.29, 0.717) is 42.3 Å². The van der Waals surface area contributed by atoms with Gasteiger partial charge in [-0.15, -0.1) is 0 Å². The molecule has 44 heavy (non-hydrogen) atoms. The third-order valence-corrected chi connectivity index (χ3v) is 14.0. The molecule has 10 heteroatoms. The van der Waals surface area contributed by atoms with Crippen LogP contribution in [0.2, 0.25) is 0 Å². The van der Waals surface area contributed by atoms with Gasteiger partial charge in [0.05, 0.1) is 17.6 Å². The highest BCUT2D eigenvalue weighted by atomic mass is 32.2. The normalized spacial score (nSPS) is 31.0. The quantitative estimate of drug-likeness (QED) is 0.156. The second-order valence-corrected chi connectivity index (χ2v) is 17.0. The molecule has 0 aliphatic heterocycles. The second-order valence-electron chi connectivity index (χ2n) is 14.7. The maximum Gasteiger partial charge on any atom is 0.453 e. The third kappa shape index (κ3) is 6.68. The minimum atomic E-state index is -5.65. The summed E-state index contributed by atoms with van der Waals surface area (Å²) < 4.78 is 87.0. The molecule has 0 heterocycles. The van der Waals surface area contributed by atoms with E-state index in [2.05, 4.69) is 13.0 Å². The Morgan fingerprint density at radius 3 is 2.20 bits per heavy atom. The highest BCUT2D eigenvalue weighted by Gasteiger charge is 2.71. The summed E-state index contributed by atoms with van der Waals surface area (Å²) in [4.78, 5) is 0. The highest BCUT2D eigenvalue weighted by molar-refractivity contribution is 7.91. The van der Waals surface area contributed by atoms with Crippen LogP contribution in [-0.2, 0) is 16.3 Å². The summed E-state index contributed by atoms with van der Waals surface area (Å²) >= 11 is 0. The number of sulfone groups is 1. The first-order valence-electron chi connectivity index (χ1n) is 16.8. The van der Waals surface area contributed by atoms with Crippen LogP contribution in [0, 0.1) is 28.6 Å². The molecule has 0 radical (unpaired) electrons. The van der Waals surface area contributed by atoms with Crippen molar-refractivity contribution in [2.75, 3.05) is 11.5 Å². The van der Waals surface area contributed by atoms with E-state index >= 15 is 0 Å². The Morgan fingerprint density at radius 2 is 1.55 bits per heavy atom. The number of hydrogen-bond acceptors (Lipinski definition) is 4. The topological polar surface area (TPSA) is 74.6 Å². The van der Waals surface area contributed by atoms with Crippen LogP contribution < -0.4 is 0 Å². The molecule has 4 aliphatic carbocycles. The molecule has 3 saturated carbocycles. The fraction of sp³-hybridized carbons (Fsp3) is 0.824. The summed E-state index contributed by atoms with van der Waals surface area (Å²) in [6, 6.07) is 5.92. The number of unbranched alkanes of at least 4 members (excludes halogenated alkanes) is 6. The van der Waals surface area contributed by atoms with Crippen LogP contribution in [0.3, 0.4) is 0 Å². The van der Waals surface area contributed by atoms with E-state index in [1.54, 1.807) is 0 Å². The van der Waals surface area contributed by atoms with Crippen LogP contribution in [0.15, 0.2) is 18.2 Å². The lowest BCUT2D eigenvalue weighted by atomic mass is 9.50. The molecular formula is C34H49F5O4S. The summed E-state index contributed by atoms with van der Waals surface area (Å²) in [7, 11) is -3.65. The van der Waals surface area contributed by atoms with Gasteiger partial charge in [-0.05, 0) is 110 Å². The third-order valence-electron chi connectivity index (χ3n) is 12.2. The summed E-state index contributed by atoms with van der Waals surface area (Å²) in [5.74, 6) is -3.25. The average Bonchev–Trinajstić information content (AvgIpc) is 3.71. The molecule has 5 rings (SSSR count). The fourth-order valence-corrected chi connectivity index (χ4v) is 11.1. The van der Waals surface area contributed by atoms with Crippen LogP contribution in [-0.4, -0.2) is 48.3 Å². The molecule has 3 fully saturated rings. The Labute approximate surface area is 259 Å². The van der Waals surface area contributed by atoms with Gasteiger partial charge in [-0.3, -0.25) is 0 Å². The predicted octanol–water partition coefficient (Wildman–Crippen LogP) is 8.74. The SMILES string of the molecule is C[C@]12CCC3c4ccc(O)cc4CC(CCCCCCCCCS(=O)(=O)CCCC(F)(F)C(F)(F)F)C3C1C[C@@H](O)C21CC1. The molecule has 2 N–H and O–H groups in total. The number of phenolic OH excluding ortho intramolecular Hbond substituents is 1. The largest absolute Gasteiger partial charge is 0.508 e. The average molecular weight is 649 g/mol. The number of alkyl halides is 5. The number of rotatable bonds is 14. The maximum absolute atomic E-state index is 13.0. The van der Waals surface area contributed by atoms with Crippen molar-refractivity contribution in [1.29, 1.82) is 0 Å². The van der Waals surface area contributed by atoms with Gasteiger partial charge in [-0.2, -0.15) is 22.0 Å². The molecule has 0 amide bonds. The standard InChI is InChI=1S/C34H49F5O4S/c1-31-15-13-27-26-12-11-25(40)21-24(26)20-23(30(27)28(31)22-29(41)32(31)16-17-32)10-7-5-3-2-4-6-8-18-44(42,43)19-9-14-33(35,36)34(37,38)39/h11-12,21,23,27-30,40-41H,2-10,13-20,22H2,1H3/t23?,27?,28?,29-,30?,31+/m1/s1. The molecule has 250 valence electrons. The molecule has 4 unspecified atom stereocenters. The Hall–Kier alpha value is -1.42. The number of hydrogen-bond donors (Lipinski definition) is 2. The van der Waals surface area contributed by atoms with E-state index in [9.17, 15) is 40.6 Å². The van der Waals surface area contributed by atoms with Crippen LogP contribution >= 0.6 is 0 Å². The molecule has 6 atom stereocenters. The summed E-state index contributed by atoms with van der Waals surface area (Å²) in [6.45, 7) is 2.46. The van der Waals surface area contributed by atoms with Crippen molar-refractivity contribution >= 4 is 9.84 Å². The van der Waals surface area contributed by atoms with E-state index in [-0.39, 0.29) is 22.7 Å². The number of aliphatic hydroxyl groups excluding tert-OH is 1. The van der Waals surface area contributed by atoms with Crippen LogP contribution in [0.5, 0.6) is 5.75 Å². The molecule has 1 spiro atoms. The molecule has 0 bridgehead atoms. The first kappa shape index (κ1) is 33.9. The van der Waals surface area contributed by atoms with Gasteiger partial charge in [0.15, 0.2) is 0 Å². The number of fused-ring (bicyclic) bond motifs is 6. The number of aliphatic hydroxyl groups is 1. The molecule has 1 aromatic rings. The Bertz CT molecular complexity index is 1260. The molecule has 0 saturated heterocycles. The van der Waals surface area contributed by atoms with Gasteiger partial charge >= 0.3 is 12.1 Å². The van der Waals surface area contributed by atoms with E-state index < -0.39 is 40.5 Å². The highest BCUT2D eigenvalue weighted by Crippen LogP contribution is 2.76. The molecule has 1 aromatic carbocycles. The monoisotopic (exact) mass is 648 g/mol. The Balaban J connectivity index is 1.05. The van der Waals surface area contributed by atoms with E-state index in [1.165, 1.54) is 11.1 Å². The summed E-state index contributed by atoms with van der Waals surface area (Å²) in [5.41, 5.74) is 3.02. The first-order chi connectivity index (χ1) is 20.6. The van der Waals surface area contributed by atoms with E-state index in [0.717, 1.165) is 77.0 Å². The van der Waals surface area contributed by atoms with Gasteiger partial charge in [-0.25, -0.2) is 8.42 Å².